The fraction of sp³-hybridized carbons (Fsp3) is 0.562. The van der Waals surface area contributed by atoms with Crippen LogP contribution in [0.2, 0.25) is 5.04 Å². The van der Waals surface area contributed by atoms with Gasteiger partial charge >= 0.3 is 5.97 Å². The zero-order valence-corrected chi connectivity index (χ0v) is 25.4. The SMILES string of the molecule is CCCC(NC(=O)C1CCCC(O[Si](c2ccccc2)(c2ccccc2)C(C)(C)C)C1)C(=O)OC(C)(C)C. The fourth-order valence-corrected chi connectivity index (χ4v) is 10.4. The van der Waals surface area contributed by atoms with Crippen molar-refractivity contribution >= 4 is 30.6 Å². The molecule has 1 fully saturated rings. The maximum atomic E-state index is 13.4. The molecule has 3 atom stereocenters. The van der Waals surface area contributed by atoms with Crippen molar-refractivity contribution in [1.29, 1.82) is 0 Å². The van der Waals surface area contributed by atoms with Gasteiger partial charge in [-0.25, -0.2) is 4.79 Å². The summed E-state index contributed by atoms with van der Waals surface area (Å²) in [5.74, 6) is -0.609. The van der Waals surface area contributed by atoms with Gasteiger partial charge in [-0.2, -0.15) is 0 Å². The Balaban J connectivity index is 1.85. The lowest BCUT2D eigenvalue weighted by Crippen LogP contribution is -2.68. The normalized spacial score (nSPS) is 19.4. The van der Waals surface area contributed by atoms with Crippen molar-refractivity contribution in [2.45, 2.75) is 110 Å². The molecule has 5 nitrogen and oxygen atoms in total. The number of benzene rings is 2. The Morgan fingerprint density at radius 1 is 0.921 bits per heavy atom. The number of carbonyl (C=O) groups excluding carboxylic acids is 2. The van der Waals surface area contributed by atoms with Gasteiger partial charge in [0.1, 0.15) is 11.6 Å². The van der Waals surface area contributed by atoms with Crippen molar-refractivity contribution in [3.63, 3.8) is 0 Å². The van der Waals surface area contributed by atoms with E-state index in [4.69, 9.17) is 9.16 Å². The zero-order chi connectivity index (χ0) is 28.0. The van der Waals surface area contributed by atoms with Crippen LogP contribution in [0.15, 0.2) is 60.7 Å². The van der Waals surface area contributed by atoms with Crippen LogP contribution >= 0.6 is 0 Å². The average molecular weight is 538 g/mol. The van der Waals surface area contributed by atoms with Crippen LogP contribution in [0.1, 0.15) is 87.0 Å². The topological polar surface area (TPSA) is 64.6 Å². The molecule has 0 radical (unpaired) electrons. The molecule has 0 spiro atoms. The van der Waals surface area contributed by atoms with Gasteiger partial charge in [-0.1, -0.05) is 101 Å². The molecule has 2 aromatic carbocycles. The quantitative estimate of drug-likeness (QED) is 0.327. The monoisotopic (exact) mass is 537 g/mol. The maximum absolute atomic E-state index is 13.4. The highest BCUT2D eigenvalue weighted by Crippen LogP contribution is 2.40. The summed E-state index contributed by atoms with van der Waals surface area (Å²) in [6, 6.07) is 20.7. The molecule has 3 unspecified atom stereocenters. The van der Waals surface area contributed by atoms with Gasteiger partial charge in [0.2, 0.25) is 5.91 Å². The molecule has 1 saturated carbocycles. The molecule has 0 bridgehead atoms. The Morgan fingerprint density at radius 2 is 1.47 bits per heavy atom. The molecule has 0 heterocycles. The molecule has 1 aliphatic carbocycles. The molecule has 208 valence electrons. The Kier molecular flexibility index (Phi) is 9.99. The lowest BCUT2D eigenvalue weighted by Gasteiger charge is -2.46. The molecular weight excluding hydrogens is 490 g/mol. The average Bonchev–Trinajstić information content (AvgIpc) is 2.86. The Morgan fingerprint density at radius 3 is 1.95 bits per heavy atom. The molecule has 0 aliphatic heterocycles. The standard InChI is InChI=1S/C32H47NO4Si/c1-8-16-28(30(35)36-31(2,3)4)33-29(34)24-17-15-18-25(23-24)37-38(32(5,6)7,26-19-11-9-12-20-26)27-21-13-10-14-22-27/h9-14,19-22,24-25,28H,8,15-18,23H2,1-7H3,(H,33,34). The first kappa shape index (κ1) is 30.1. The van der Waals surface area contributed by atoms with Crippen molar-refractivity contribution in [3.05, 3.63) is 60.7 Å². The third kappa shape index (κ3) is 7.35. The molecule has 1 amide bonds. The summed E-state index contributed by atoms with van der Waals surface area (Å²) in [4.78, 5) is 26.2. The lowest BCUT2D eigenvalue weighted by molar-refractivity contribution is -0.159. The zero-order valence-electron chi connectivity index (χ0n) is 24.4. The van der Waals surface area contributed by atoms with Crippen molar-refractivity contribution in [3.8, 4) is 0 Å². The highest BCUT2D eigenvalue weighted by molar-refractivity contribution is 6.99. The molecule has 1 aliphatic rings. The number of ether oxygens (including phenoxy) is 1. The van der Waals surface area contributed by atoms with Crippen molar-refractivity contribution < 1.29 is 18.8 Å². The van der Waals surface area contributed by atoms with Crippen LogP contribution in [0.4, 0.5) is 0 Å². The number of nitrogens with one attached hydrogen (secondary N) is 1. The molecule has 0 saturated heterocycles. The van der Waals surface area contributed by atoms with Gasteiger partial charge in [-0.3, -0.25) is 4.79 Å². The summed E-state index contributed by atoms with van der Waals surface area (Å²) in [7, 11) is -2.70. The minimum atomic E-state index is -2.70. The van der Waals surface area contributed by atoms with Crippen LogP contribution in [0.25, 0.3) is 0 Å². The van der Waals surface area contributed by atoms with E-state index in [2.05, 4.69) is 86.8 Å². The van der Waals surface area contributed by atoms with Crippen molar-refractivity contribution in [2.24, 2.45) is 5.92 Å². The largest absolute Gasteiger partial charge is 0.458 e. The molecule has 2 aromatic rings. The number of esters is 1. The summed E-state index contributed by atoms with van der Waals surface area (Å²) in [6.45, 7) is 14.4. The lowest BCUT2D eigenvalue weighted by atomic mass is 9.86. The number of carbonyl (C=O) groups is 2. The van der Waals surface area contributed by atoms with Gasteiger partial charge in [0.25, 0.3) is 8.32 Å². The van der Waals surface area contributed by atoms with E-state index in [1.54, 1.807) is 0 Å². The van der Waals surface area contributed by atoms with Gasteiger partial charge in [0, 0.05) is 12.0 Å². The number of amides is 1. The predicted octanol–water partition coefficient (Wildman–Crippen LogP) is 5.75. The van der Waals surface area contributed by atoms with Gasteiger partial charge in [0.05, 0.1) is 0 Å². The number of rotatable bonds is 9. The van der Waals surface area contributed by atoms with Crippen LogP contribution in [0.5, 0.6) is 0 Å². The van der Waals surface area contributed by atoms with E-state index < -0.39 is 20.0 Å². The van der Waals surface area contributed by atoms with Gasteiger partial charge in [-0.05, 0) is 61.9 Å². The molecule has 1 N–H and O–H groups in total. The van der Waals surface area contributed by atoms with E-state index >= 15 is 0 Å². The van der Waals surface area contributed by atoms with E-state index in [0.29, 0.717) is 12.8 Å². The third-order valence-corrected chi connectivity index (χ3v) is 12.4. The predicted molar refractivity (Wildman–Crippen MR) is 157 cm³/mol. The second kappa shape index (κ2) is 12.6. The van der Waals surface area contributed by atoms with E-state index in [-0.39, 0.29) is 28.9 Å². The molecule has 38 heavy (non-hydrogen) atoms. The van der Waals surface area contributed by atoms with Crippen LogP contribution in [-0.4, -0.2) is 37.9 Å². The van der Waals surface area contributed by atoms with Crippen LogP contribution in [-0.2, 0) is 18.8 Å². The van der Waals surface area contributed by atoms with Crippen LogP contribution < -0.4 is 15.7 Å². The molecule has 6 heteroatoms. The highest BCUT2D eigenvalue weighted by atomic mass is 28.4. The Labute approximate surface area is 230 Å². The molecular formula is C32H47NO4Si. The Bertz CT molecular complexity index is 1000. The van der Waals surface area contributed by atoms with Gasteiger partial charge in [-0.15, -0.1) is 0 Å². The number of hydrogen-bond donors (Lipinski definition) is 1. The highest BCUT2D eigenvalue weighted by Gasteiger charge is 2.52. The van der Waals surface area contributed by atoms with Gasteiger partial charge in [0.15, 0.2) is 0 Å². The van der Waals surface area contributed by atoms with Crippen molar-refractivity contribution in [2.75, 3.05) is 0 Å². The van der Waals surface area contributed by atoms with E-state index in [9.17, 15) is 9.59 Å². The van der Waals surface area contributed by atoms with E-state index in [1.807, 2.05) is 27.7 Å². The smallest absolute Gasteiger partial charge is 0.329 e. The fourth-order valence-electron chi connectivity index (χ4n) is 5.63. The van der Waals surface area contributed by atoms with E-state index in [0.717, 1.165) is 25.7 Å². The van der Waals surface area contributed by atoms with Crippen LogP contribution in [0.3, 0.4) is 0 Å². The first-order valence-electron chi connectivity index (χ1n) is 14.2. The first-order chi connectivity index (χ1) is 17.9. The Hall–Kier alpha value is -2.44. The summed E-state index contributed by atoms with van der Waals surface area (Å²) in [6.07, 6.45) is 4.63. The maximum Gasteiger partial charge on any atom is 0.329 e. The third-order valence-electron chi connectivity index (χ3n) is 7.34. The minimum Gasteiger partial charge on any atom is -0.458 e. The first-order valence-corrected chi connectivity index (χ1v) is 16.1. The summed E-state index contributed by atoms with van der Waals surface area (Å²) < 4.78 is 12.9. The summed E-state index contributed by atoms with van der Waals surface area (Å²) in [5.41, 5.74) is -0.590. The van der Waals surface area contributed by atoms with Crippen LogP contribution in [0, 0.1) is 5.92 Å². The second-order valence-corrected chi connectivity index (χ2v) is 16.9. The summed E-state index contributed by atoms with van der Waals surface area (Å²) >= 11 is 0. The number of hydrogen-bond acceptors (Lipinski definition) is 4. The van der Waals surface area contributed by atoms with Gasteiger partial charge < -0.3 is 14.5 Å². The molecule has 0 aromatic heterocycles. The molecule has 3 rings (SSSR count). The minimum absolute atomic E-state index is 0.0306. The van der Waals surface area contributed by atoms with Crippen molar-refractivity contribution in [1.82, 2.24) is 5.32 Å². The summed E-state index contributed by atoms with van der Waals surface area (Å²) in [5, 5.41) is 5.41. The van der Waals surface area contributed by atoms with E-state index in [1.165, 1.54) is 10.4 Å². The second-order valence-electron chi connectivity index (χ2n) is 12.6.